The Bertz CT molecular complexity index is 251. The highest BCUT2D eigenvalue weighted by Gasteiger charge is 2.29. The van der Waals surface area contributed by atoms with Crippen LogP contribution in [0.3, 0.4) is 0 Å². The van der Waals surface area contributed by atoms with Gasteiger partial charge in [-0.15, -0.1) is 0 Å². The van der Waals surface area contributed by atoms with E-state index in [1.165, 1.54) is 0 Å². The van der Waals surface area contributed by atoms with Crippen LogP contribution in [-0.4, -0.2) is 54.0 Å². The van der Waals surface area contributed by atoms with Crippen LogP contribution in [0.2, 0.25) is 0 Å². The Morgan fingerprint density at radius 2 is 1.94 bits per heavy atom. The maximum atomic E-state index is 12.2. The van der Waals surface area contributed by atoms with Gasteiger partial charge in [0.2, 0.25) is 5.91 Å². The number of carbonyl (C=O) groups excluding carboxylic acids is 1. The molecule has 0 spiro atoms. The number of piperidine rings is 1. The number of carbonyl (C=O) groups is 1. The van der Waals surface area contributed by atoms with Gasteiger partial charge in [-0.1, -0.05) is 0 Å². The van der Waals surface area contributed by atoms with E-state index in [-0.39, 0.29) is 12.1 Å². The molecule has 0 radical (unpaired) electrons. The molecule has 0 aromatic heterocycles. The van der Waals surface area contributed by atoms with E-state index >= 15 is 0 Å². The van der Waals surface area contributed by atoms with Gasteiger partial charge < -0.3 is 10.6 Å². The van der Waals surface area contributed by atoms with E-state index in [1.807, 2.05) is 11.8 Å². The number of hydrogen-bond donors (Lipinski definition) is 1. The third-order valence-electron chi connectivity index (χ3n) is 3.81. The molecule has 4 heteroatoms. The van der Waals surface area contributed by atoms with E-state index < -0.39 is 0 Å². The standard InChI is InChI=1S/C12H23N3O/c1-10(12(16)14-6-2-3-7-14)15-8-4-5-11(13)9-15/h10-11H,2-9,13H2,1H3/t10?,11-/m1/s1. The molecule has 2 aliphatic rings. The first-order valence-electron chi connectivity index (χ1n) is 6.47. The fourth-order valence-electron chi connectivity index (χ4n) is 2.75. The van der Waals surface area contributed by atoms with E-state index in [4.69, 9.17) is 5.73 Å². The van der Waals surface area contributed by atoms with Crippen LogP contribution in [0, 0.1) is 0 Å². The zero-order valence-electron chi connectivity index (χ0n) is 10.2. The molecule has 16 heavy (non-hydrogen) atoms. The second kappa shape index (κ2) is 5.15. The van der Waals surface area contributed by atoms with Crippen molar-refractivity contribution in [3.8, 4) is 0 Å². The molecule has 2 fully saturated rings. The van der Waals surface area contributed by atoms with E-state index in [9.17, 15) is 4.79 Å². The fourth-order valence-corrected chi connectivity index (χ4v) is 2.75. The van der Waals surface area contributed by atoms with Gasteiger partial charge >= 0.3 is 0 Å². The summed E-state index contributed by atoms with van der Waals surface area (Å²) in [5, 5.41) is 0. The summed E-state index contributed by atoms with van der Waals surface area (Å²) >= 11 is 0. The van der Waals surface area contributed by atoms with Crippen molar-refractivity contribution in [3.63, 3.8) is 0 Å². The zero-order valence-corrected chi connectivity index (χ0v) is 10.2. The van der Waals surface area contributed by atoms with Gasteiger partial charge in [0, 0.05) is 25.7 Å². The van der Waals surface area contributed by atoms with Gasteiger partial charge in [-0.3, -0.25) is 9.69 Å². The minimum atomic E-state index is 0.0180. The molecule has 0 aliphatic carbocycles. The van der Waals surface area contributed by atoms with Crippen molar-refractivity contribution in [1.29, 1.82) is 0 Å². The minimum Gasteiger partial charge on any atom is -0.341 e. The molecule has 2 atom stereocenters. The number of hydrogen-bond acceptors (Lipinski definition) is 3. The minimum absolute atomic E-state index is 0.0180. The lowest BCUT2D eigenvalue weighted by Gasteiger charge is -2.36. The van der Waals surface area contributed by atoms with Gasteiger partial charge in [0.25, 0.3) is 0 Å². The normalized spacial score (nSPS) is 29.4. The third kappa shape index (κ3) is 2.55. The van der Waals surface area contributed by atoms with Gasteiger partial charge in [-0.25, -0.2) is 0 Å². The molecular formula is C12H23N3O. The summed E-state index contributed by atoms with van der Waals surface area (Å²) in [7, 11) is 0. The number of likely N-dealkylation sites (tertiary alicyclic amines) is 2. The molecule has 92 valence electrons. The lowest BCUT2D eigenvalue weighted by atomic mass is 10.0. The number of nitrogens with two attached hydrogens (primary N) is 1. The third-order valence-corrected chi connectivity index (χ3v) is 3.81. The summed E-state index contributed by atoms with van der Waals surface area (Å²) in [6, 6.07) is 0.270. The lowest BCUT2D eigenvalue weighted by molar-refractivity contribution is -0.135. The molecule has 0 saturated carbocycles. The van der Waals surface area contributed by atoms with Gasteiger partial charge in [-0.2, -0.15) is 0 Å². The van der Waals surface area contributed by atoms with E-state index in [0.717, 1.165) is 51.9 Å². The highest BCUT2D eigenvalue weighted by molar-refractivity contribution is 5.81. The second-order valence-corrected chi connectivity index (χ2v) is 5.11. The first-order valence-corrected chi connectivity index (χ1v) is 6.47. The van der Waals surface area contributed by atoms with Crippen molar-refractivity contribution in [3.05, 3.63) is 0 Å². The molecule has 4 nitrogen and oxygen atoms in total. The Kier molecular flexibility index (Phi) is 3.82. The summed E-state index contributed by atoms with van der Waals surface area (Å²) < 4.78 is 0. The van der Waals surface area contributed by atoms with Crippen LogP contribution in [0.15, 0.2) is 0 Å². The second-order valence-electron chi connectivity index (χ2n) is 5.11. The molecule has 2 saturated heterocycles. The maximum absolute atomic E-state index is 12.2. The average Bonchev–Trinajstić information content (AvgIpc) is 2.80. The first-order chi connectivity index (χ1) is 7.68. The molecule has 1 unspecified atom stereocenters. The monoisotopic (exact) mass is 225 g/mol. The first kappa shape index (κ1) is 11.9. The summed E-state index contributed by atoms with van der Waals surface area (Å²) in [6.45, 7) is 5.82. The van der Waals surface area contributed by atoms with Crippen LogP contribution in [-0.2, 0) is 4.79 Å². The van der Waals surface area contributed by atoms with Crippen molar-refractivity contribution < 1.29 is 4.79 Å². The molecule has 0 aromatic carbocycles. The number of amides is 1. The van der Waals surface area contributed by atoms with Gasteiger partial charge in [-0.05, 0) is 39.2 Å². The lowest BCUT2D eigenvalue weighted by Crippen LogP contribution is -2.52. The van der Waals surface area contributed by atoms with Crippen molar-refractivity contribution >= 4 is 5.91 Å². The SMILES string of the molecule is CC(C(=O)N1CCCC1)N1CCC[C@@H](N)C1. The van der Waals surface area contributed by atoms with E-state index in [2.05, 4.69) is 4.90 Å². The molecule has 2 heterocycles. The summed E-state index contributed by atoms with van der Waals surface area (Å²) in [5.41, 5.74) is 5.95. The van der Waals surface area contributed by atoms with Crippen LogP contribution < -0.4 is 5.73 Å². The summed E-state index contributed by atoms with van der Waals surface area (Å²) in [5.74, 6) is 0.298. The Hall–Kier alpha value is -0.610. The largest absolute Gasteiger partial charge is 0.341 e. The fraction of sp³-hybridized carbons (Fsp3) is 0.917. The summed E-state index contributed by atoms with van der Waals surface area (Å²) in [6.07, 6.45) is 4.55. The van der Waals surface area contributed by atoms with E-state index in [0.29, 0.717) is 5.91 Å². The summed E-state index contributed by atoms with van der Waals surface area (Å²) in [4.78, 5) is 16.4. The molecule has 0 aromatic rings. The predicted molar refractivity (Wildman–Crippen MR) is 64.1 cm³/mol. The number of rotatable bonds is 2. The van der Waals surface area contributed by atoms with Crippen LogP contribution in [0.5, 0.6) is 0 Å². The highest BCUT2D eigenvalue weighted by Crippen LogP contribution is 2.16. The van der Waals surface area contributed by atoms with Gasteiger partial charge in [0.05, 0.1) is 6.04 Å². The van der Waals surface area contributed by atoms with Crippen molar-refractivity contribution in [2.45, 2.75) is 44.7 Å². The predicted octanol–water partition coefficient (Wildman–Crippen LogP) is 0.420. The quantitative estimate of drug-likeness (QED) is 0.741. The molecule has 2 N–H and O–H groups in total. The Morgan fingerprint density at radius 3 is 2.56 bits per heavy atom. The van der Waals surface area contributed by atoms with Gasteiger partial charge in [0.1, 0.15) is 0 Å². The highest BCUT2D eigenvalue weighted by atomic mass is 16.2. The van der Waals surface area contributed by atoms with Crippen LogP contribution in [0.4, 0.5) is 0 Å². The van der Waals surface area contributed by atoms with Crippen LogP contribution in [0.1, 0.15) is 32.6 Å². The maximum Gasteiger partial charge on any atom is 0.239 e. The van der Waals surface area contributed by atoms with Crippen molar-refractivity contribution in [2.75, 3.05) is 26.2 Å². The Morgan fingerprint density at radius 1 is 1.25 bits per heavy atom. The molecular weight excluding hydrogens is 202 g/mol. The topological polar surface area (TPSA) is 49.6 Å². The molecule has 2 rings (SSSR count). The number of nitrogens with zero attached hydrogens (tertiary/aromatic N) is 2. The smallest absolute Gasteiger partial charge is 0.239 e. The van der Waals surface area contributed by atoms with Crippen molar-refractivity contribution in [2.24, 2.45) is 5.73 Å². The molecule has 2 aliphatic heterocycles. The Labute approximate surface area is 97.8 Å². The van der Waals surface area contributed by atoms with Crippen molar-refractivity contribution in [1.82, 2.24) is 9.80 Å². The Balaban J connectivity index is 1.89. The molecule has 0 bridgehead atoms. The average molecular weight is 225 g/mol. The molecule has 1 amide bonds. The van der Waals surface area contributed by atoms with E-state index in [1.54, 1.807) is 0 Å². The zero-order chi connectivity index (χ0) is 11.5. The van der Waals surface area contributed by atoms with Crippen LogP contribution >= 0.6 is 0 Å². The van der Waals surface area contributed by atoms with Crippen LogP contribution in [0.25, 0.3) is 0 Å². The van der Waals surface area contributed by atoms with Gasteiger partial charge in [0.15, 0.2) is 0 Å².